The summed E-state index contributed by atoms with van der Waals surface area (Å²) in [5, 5.41) is -1.25. The third-order valence-electron chi connectivity index (χ3n) is 0.897. The normalized spacial score (nSPS) is 12.1. The lowest BCUT2D eigenvalue weighted by atomic mass is 10.4. The molecule has 1 unspecified atom stereocenters. The van der Waals surface area contributed by atoms with Gasteiger partial charge in [-0.3, -0.25) is 4.79 Å². The van der Waals surface area contributed by atoms with Crippen molar-refractivity contribution in [3.05, 3.63) is 9.52 Å². The van der Waals surface area contributed by atoms with E-state index >= 15 is 0 Å². The summed E-state index contributed by atoms with van der Waals surface area (Å²) in [4.78, 5) is 10.9. The zero-order valence-corrected chi connectivity index (χ0v) is 9.14. The summed E-state index contributed by atoms with van der Waals surface area (Å²) < 4.78 is 4.34. The highest BCUT2D eigenvalue weighted by molar-refractivity contribution is 6.61. The molecule has 0 bridgehead atoms. The molecule has 0 N–H and O–H groups in total. The molecule has 0 aromatic carbocycles. The van der Waals surface area contributed by atoms with Gasteiger partial charge in [0.2, 0.25) is 0 Å². The van der Waals surface area contributed by atoms with Crippen molar-refractivity contribution in [3.8, 4) is 0 Å². The predicted molar refractivity (Wildman–Crippen MR) is 50.9 cm³/mol. The van der Waals surface area contributed by atoms with Gasteiger partial charge in [0.15, 0.2) is 5.38 Å². The topological polar surface area (TPSA) is 26.3 Å². The molecule has 70 valence electrons. The van der Waals surface area contributed by atoms with Gasteiger partial charge in [0, 0.05) is 0 Å². The SMILES string of the molecule is CCOC(=O)C(Cl)C(Cl)=C(Cl)Cl. The molecule has 0 aliphatic heterocycles. The third-order valence-corrected chi connectivity index (χ3v) is 2.41. The van der Waals surface area contributed by atoms with E-state index in [2.05, 4.69) is 4.74 Å². The highest BCUT2D eigenvalue weighted by Gasteiger charge is 2.22. The molecule has 0 rings (SSSR count). The number of alkyl halides is 1. The van der Waals surface area contributed by atoms with Gasteiger partial charge in [0.05, 0.1) is 11.6 Å². The average molecular weight is 252 g/mol. The first-order valence-corrected chi connectivity index (χ1v) is 4.59. The zero-order valence-electron chi connectivity index (χ0n) is 6.11. The fourth-order valence-corrected chi connectivity index (χ4v) is 1.01. The molecule has 0 fully saturated rings. The van der Waals surface area contributed by atoms with E-state index in [0.29, 0.717) is 0 Å². The monoisotopic (exact) mass is 250 g/mol. The molecule has 12 heavy (non-hydrogen) atoms. The largest absolute Gasteiger partial charge is 0.465 e. The lowest BCUT2D eigenvalue weighted by molar-refractivity contribution is -0.141. The first-order chi connectivity index (χ1) is 5.50. The van der Waals surface area contributed by atoms with Gasteiger partial charge in [0.1, 0.15) is 4.49 Å². The molecule has 0 saturated carbocycles. The molecule has 0 heterocycles. The minimum absolute atomic E-state index is 0.126. The minimum Gasteiger partial charge on any atom is -0.465 e. The van der Waals surface area contributed by atoms with Crippen LogP contribution in [0.25, 0.3) is 0 Å². The Morgan fingerprint density at radius 3 is 2.25 bits per heavy atom. The number of halogens is 4. The maximum absolute atomic E-state index is 10.9. The van der Waals surface area contributed by atoms with E-state index in [4.69, 9.17) is 46.4 Å². The van der Waals surface area contributed by atoms with E-state index in [-0.39, 0.29) is 16.1 Å². The Morgan fingerprint density at radius 1 is 1.42 bits per heavy atom. The van der Waals surface area contributed by atoms with Crippen LogP contribution in [-0.4, -0.2) is 18.0 Å². The first-order valence-electron chi connectivity index (χ1n) is 3.02. The van der Waals surface area contributed by atoms with Gasteiger partial charge >= 0.3 is 5.97 Å². The van der Waals surface area contributed by atoms with E-state index in [1.54, 1.807) is 6.92 Å². The fraction of sp³-hybridized carbons (Fsp3) is 0.500. The minimum atomic E-state index is -1.13. The third kappa shape index (κ3) is 3.85. The molecule has 0 aliphatic carbocycles. The molecule has 0 saturated heterocycles. The van der Waals surface area contributed by atoms with Crippen LogP contribution in [0.4, 0.5) is 0 Å². The van der Waals surface area contributed by atoms with Gasteiger partial charge in [-0.1, -0.05) is 34.8 Å². The molecule has 6 heteroatoms. The standard InChI is InChI=1S/C6H6Cl4O2/c1-2-12-6(11)4(8)3(7)5(9)10/h4H,2H2,1H3. The van der Waals surface area contributed by atoms with Crippen LogP contribution in [0.5, 0.6) is 0 Å². The van der Waals surface area contributed by atoms with Crippen molar-refractivity contribution in [3.63, 3.8) is 0 Å². The Morgan fingerprint density at radius 2 is 1.92 bits per heavy atom. The second kappa shape index (κ2) is 5.92. The zero-order chi connectivity index (χ0) is 9.72. The molecule has 0 amide bonds. The Bertz CT molecular complexity index is 198. The number of carbonyl (C=O) groups is 1. The Hall–Kier alpha value is 0.370. The van der Waals surface area contributed by atoms with E-state index < -0.39 is 11.3 Å². The van der Waals surface area contributed by atoms with Crippen molar-refractivity contribution in [2.75, 3.05) is 6.61 Å². The molecule has 2 nitrogen and oxygen atoms in total. The summed E-state index contributed by atoms with van der Waals surface area (Å²) in [6.07, 6.45) is 0. The van der Waals surface area contributed by atoms with Crippen LogP contribution in [-0.2, 0) is 9.53 Å². The van der Waals surface area contributed by atoms with Crippen LogP contribution < -0.4 is 0 Å². The first kappa shape index (κ1) is 12.4. The average Bonchev–Trinajstić information content (AvgIpc) is 2.02. The Balaban J connectivity index is 4.30. The summed E-state index contributed by atoms with van der Waals surface area (Å²) in [7, 11) is 0. The highest BCUT2D eigenvalue weighted by atomic mass is 35.5. The van der Waals surface area contributed by atoms with Gasteiger partial charge in [0.25, 0.3) is 0 Å². The van der Waals surface area contributed by atoms with Crippen LogP contribution in [0.3, 0.4) is 0 Å². The second-order valence-electron chi connectivity index (χ2n) is 1.72. The van der Waals surface area contributed by atoms with Gasteiger partial charge in [-0.25, -0.2) is 0 Å². The van der Waals surface area contributed by atoms with Crippen molar-refractivity contribution in [2.45, 2.75) is 12.3 Å². The molecule has 0 aliphatic rings. The van der Waals surface area contributed by atoms with Crippen molar-refractivity contribution in [1.29, 1.82) is 0 Å². The van der Waals surface area contributed by atoms with Crippen LogP contribution in [0.2, 0.25) is 0 Å². The summed E-state index contributed by atoms with van der Waals surface area (Å²) >= 11 is 21.6. The number of esters is 1. The van der Waals surface area contributed by atoms with Gasteiger partial charge < -0.3 is 4.74 Å². The van der Waals surface area contributed by atoms with E-state index in [1.165, 1.54) is 0 Å². The smallest absolute Gasteiger partial charge is 0.329 e. The number of hydrogen-bond donors (Lipinski definition) is 0. The number of hydrogen-bond acceptors (Lipinski definition) is 2. The second-order valence-corrected chi connectivity index (χ2v) is 3.52. The molecule has 0 radical (unpaired) electrons. The van der Waals surface area contributed by atoms with E-state index in [1.807, 2.05) is 0 Å². The van der Waals surface area contributed by atoms with Crippen molar-refractivity contribution < 1.29 is 9.53 Å². The Labute approximate surface area is 90.4 Å². The van der Waals surface area contributed by atoms with Crippen molar-refractivity contribution in [2.24, 2.45) is 0 Å². The van der Waals surface area contributed by atoms with E-state index in [9.17, 15) is 4.79 Å². The maximum atomic E-state index is 10.9. The number of ether oxygens (including phenoxy) is 1. The summed E-state index contributed by atoms with van der Waals surface area (Å²) in [6.45, 7) is 1.88. The Kier molecular flexibility index (Phi) is 6.10. The molecular formula is C6H6Cl4O2. The van der Waals surface area contributed by atoms with Crippen LogP contribution in [0.15, 0.2) is 9.52 Å². The van der Waals surface area contributed by atoms with E-state index in [0.717, 1.165) is 0 Å². The molecule has 0 aromatic heterocycles. The fourth-order valence-electron chi connectivity index (χ4n) is 0.415. The van der Waals surface area contributed by atoms with Gasteiger partial charge in [-0.15, -0.1) is 11.6 Å². The molecule has 1 atom stereocenters. The maximum Gasteiger partial charge on any atom is 0.329 e. The van der Waals surface area contributed by atoms with Crippen LogP contribution in [0, 0.1) is 0 Å². The summed E-state index contributed by atoms with van der Waals surface area (Å²) in [6, 6.07) is 0. The van der Waals surface area contributed by atoms with Crippen molar-refractivity contribution >= 4 is 52.4 Å². The lowest BCUT2D eigenvalue weighted by Gasteiger charge is -2.06. The number of rotatable bonds is 3. The molecule has 0 spiro atoms. The number of carbonyl (C=O) groups excluding carboxylic acids is 1. The summed E-state index contributed by atoms with van der Waals surface area (Å²) in [5.74, 6) is -0.664. The van der Waals surface area contributed by atoms with Gasteiger partial charge in [-0.05, 0) is 6.92 Å². The lowest BCUT2D eigenvalue weighted by Crippen LogP contribution is -2.18. The van der Waals surface area contributed by atoms with Crippen molar-refractivity contribution in [1.82, 2.24) is 0 Å². The van der Waals surface area contributed by atoms with Crippen LogP contribution in [0.1, 0.15) is 6.92 Å². The highest BCUT2D eigenvalue weighted by Crippen LogP contribution is 2.25. The van der Waals surface area contributed by atoms with Crippen LogP contribution >= 0.6 is 46.4 Å². The molecular weight excluding hydrogens is 246 g/mol. The molecule has 0 aromatic rings. The quantitative estimate of drug-likeness (QED) is 0.569. The summed E-state index contributed by atoms with van der Waals surface area (Å²) in [5.41, 5.74) is 0. The van der Waals surface area contributed by atoms with Gasteiger partial charge in [-0.2, -0.15) is 0 Å². The predicted octanol–water partition coefficient (Wildman–Crippen LogP) is 3.04.